The van der Waals surface area contributed by atoms with Crippen molar-refractivity contribution >= 4 is 5.78 Å². The Hall–Kier alpha value is -0.450. The number of ether oxygens (including phenoxy) is 3. The summed E-state index contributed by atoms with van der Waals surface area (Å²) < 4.78 is 15.9. The number of hydrogen-bond acceptors (Lipinski definition) is 4. The quantitative estimate of drug-likeness (QED) is 0.594. The molecule has 0 aromatic carbocycles. The molecule has 4 heteroatoms. The molecule has 1 unspecified atom stereocenters. The Kier molecular flexibility index (Phi) is 7.38. The molecule has 0 amide bonds. The molecule has 1 aliphatic carbocycles. The van der Waals surface area contributed by atoms with Crippen molar-refractivity contribution in [2.24, 2.45) is 0 Å². The minimum Gasteiger partial charge on any atom is -0.385 e. The van der Waals surface area contributed by atoms with Crippen LogP contribution in [0.3, 0.4) is 0 Å². The van der Waals surface area contributed by atoms with Crippen LogP contribution in [0.4, 0.5) is 0 Å². The summed E-state index contributed by atoms with van der Waals surface area (Å²) >= 11 is 0. The SMILES string of the molecule is COCCCOCCOC1CCCC(=O)C1. The molecule has 94 valence electrons. The molecule has 0 radical (unpaired) electrons. The van der Waals surface area contributed by atoms with Crippen LogP contribution >= 0.6 is 0 Å². The Morgan fingerprint density at radius 1 is 1.25 bits per heavy atom. The van der Waals surface area contributed by atoms with Gasteiger partial charge in [0.25, 0.3) is 0 Å². The molecule has 0 aromatic heterocycles. The lowest BCUT2D eigenvalue weighted by Gasteiger charge is -2.21. The van der Waals surface area contributed by atoms with E-state index in [2.05, 4.69) is 0 Å². The Bertz CT molecular complexity index is 193. The zero-order valence-corrected chi connectivity index (χ0v) is 10.1. The molecule has 1 saturated carbocycles. The number of methoxy groups -OCH3 is 1. The lowest BCUT2D eigenvalue weighted by molar-refractivity contribution is -0.125. The van der Waals surface area contributed by atoms with Crippen LogP contribution < -0.4 is 0 Å². The molecule has 0 spiro atoms. The van der Waals surface area contributed by atoms with E-state index in [4.69, 9.17) is 14.2 Å². The fourth-order valence-corrected chi connectivity index (χ4v) is 1.81. The zero-order valence-electron chi connectivity index (χ0n) is 10.1. The molecule has 4 nitrogen and oxygen atoms in total. The van der Waals surface area contributed by atoms with Crippen LogP contribution in [0.5, 0.6) is 0 Å². The molecular weight excluding hydrogens is 208 g/mol. The van der Waals surface area contributed by atoms with Crippen LogP contribution in [0.2, 0.25) is 0 Å². The van der Waals surface area contributed by atoms with Crippen molar-refractivity contribution in [3.05, 3.63) is 0 Å². The summed E-state index contributed by atoms with van der Waals surface area (Å²) in [6.45, 7) is 2.64. The van der Waals surface area contributed by atoms with Gasteiger partial charge in [0.2, 0.25) is 0 Å². The number of ketones is 1. The molecule has 1 rings (SSSR count). The average Bonchev–Trinajstić information content (AvgIpc) is 2.28. The van der Waals surface area contributed by atoms with Crippen LogP contribution in [-0.2, 0) is 19.0 Å². The summed E-state index contributed by atoms with van der Waals surface area (Å²) in [4.78, 5) is 11.2. The van der Waals surface area contributed by atoms with Crippen LogP contribution in [0.25, 0.3) is 0 Å². The van der Waals surface area contributed by atoms with E-state index >= 15 is 0 Å². The molecule has 0 bridgehead atoms. The first-order valence-corrected chi connectivity index (χ1v) is 6.03. The molecule has 0 N–H and O–H groups in total. The fraction of sp³-hybridized carbons (Fsp3) is 0.917. The normalized spacial score (nSPS) is 21.3. The highest BCUT2D eigenvalue weighted by Crippen LogP contribution is 2.17. The van der Waals surface area contributed by atoms with Gasteiger partial charge in [0.15, 0.2) is 0 Å². The van der Waals surface area contributed by atoms with E-state index in [-0.39, 0.29) is 6.10 Å². The second kappa shape index (κ2) is 8.67. The predicted molar refractivity (Wildman–Crippen MR) is 60.5 cm³/mol. The van der Waals surface area contributed by atoms with Crippen LogP contribution in [0, 0.1) is 0 Å². The van der Waals surface area contributed by atoms with E-state index in [1.165, 1.54) is 0 Å². The van der Waals surface area contributed by atoms with Crippen LogP contribution in [0.15, 0.2) is 0 Å². The van der Waals surface area contributed by atoms with Gasteiger partial charge in [-0.05, 0) is 19.3 Å². The third-order valence-electron chi connectivity index (χ3n) is 2.66. The monoisotopic (exact) mass is 230 g/mol. The van der Waals surface area contributed by atoms with Crippen molar-refractivity contribution in [1.82, 2.24) is 0 Å². The number of Topliss-reactive ketones (excluding diaryl/α,β-unsaturated/α-hetero) is 1. The van der Waals surface area contributed by atoms with E-state index in [9.17, 15) is 4.79 Å². The van der Waals surface area contributed by atoms with Crippen LogP contribution in [0.1, 0.15) is 32.1 Å². The van der Waals surface area contributed by atoms with Crippen molar-refractivity contribution in [3.63, 3.8) is 0 Å². The minimum absolute atomic E-state index is 0.129. The van der Waals surface area contributed by atoms with Gasteiger partial charge in [-0.15, -0.1) is 0 Å². The maximum atomic E-state index is 11.2. The van der Waals surface area contributed by atoms with Gasteiger partial charge in [-0.25, -0.2) is 0 Å². The third-order valence-corrected chi connectivity index (χ3v) is 2.66. The average molecular weight is 230 g/mol. The van der Waals surface area contributed by atoms with E-state index in [1.54, 1.807) is 7.11 Å². The summed E-state index contributed by atoms with van der Waals surface area (Å²) in [5.41, 5.74) is 0. The third kappa shape index (κ3) is 6.20. The molecule has 16 heavy (non-hydrogen) atoms. The number of carbonyl (C=O) groups excluding carboxylic acids is 1. The van der Waals surface area contributed by atoms with Gasteiger partial charge in [0.1, 0.15) is 5.78 Å². The standard InChI is InChI=1S/C12H22O4/c1-14-6-3-7-15-8-9-16-12-5-2-4-11(13)10-12/h12H,2-10H2,1H3. The van der Waals surface area contributed by atoms with Gasteiger partial charge < -0.3 is 14.2 Å². The van der Waals surface area contributed by atoms with Gasteiger partial charge >= 0.3 is 0 Å². The number of hydrogen-bond donors (Lipinski definition) is 0. The number of carbonyl (C=O) groups is 1. The molecular formula is C12H22O4. The first-order valence-electron chi connectivity index (χ1n) is 6.03. The highest BCUT2D eigenvalue weighted by atomic mass is 16.5. The van der Waals surface area contributed by atoms with Crippen molar-refractivity contribution in [1.29, 1.82) is 0 Å². The molecule has 1 fully saturated rings. The summed E-state index contributed by atoms with van der Waals surface area (Å²) in [6.07, 6.45) is 4.34. The summed E-state index contributed by atoms with van der Waals surface area (Å²) in [6, 6.07) is 0. The predicted octanol–water partition coefficient (Wildman–Crippen LogP) is 1.57. The second-order valence-electron chi connectivity index (χ2n) is 4.09. The van der Waals surface area contributed by atoms with E-state index in [0.717, 1.165) is 32.3 Å². The largest absolute Gasteiger partial charge is 0.385 e. The van der Waals surface area contributed by atoms with Gasteiger partial charge in [-0.2, -0.15) is 0 Å². The van der Waals surface area contributed by atoms with E-state index in [1.807, 2.05) is 0 Å². The van der Waals surface area contributed by atoms with E-state index < -0.39 is 0 Å². The van der Waals surface area contributed by atoms with Gasteiger partial charge in [0.05, 0.1) is 19.3 Å². The molecule has 1 atom stereocenters. The lowest BCUT2D eigenvalue weighted by Crippen LogP contribution is -2.24. The smallest absolute Gasteiger partial charge is 0.135 e. The Balaban J connectivity index is 1.88. The highest BCUT2D eigenvalue weighted by molar-refractivity contribution is 5.79. The summed E-state index contributed by atoms with van der Waals surface area (Å²) in [5.74, 6) is 0.331. The molecule has 0 aliphatic heterocycles. The van der Waals surface area contributed by atoms with Gasteiger partial charge in [0, 0.05) is 33.2 Å². The fourth-order valence-electron chi connectivity index (χ4n) is 1.81. The van der Waals surface area contributed by atoms with Crippen molar-refractivity contribution in [2.75, 3.05) is 33.5 Å². The molecule has 1 aliphatic rings. The van der Waals surface area contributed by atoms with Crippen molar-refractivity contribution in [2.45, 2.75) is 38.2 Å². The van der Waals surface area contributed by atoms with Crippen molar-refractivity contribution < 1.29 is 19.0 Å². The first kappa shape index (κ1) is 13.6. The summed E-state index contributed by atoms with van der Waals surface area (Å²) in [7, 11) is 1.68. The van der Waals surface area contributed by atoms with Gasteiger partial charge in [-0.3, -0.25) is 4.79 Å². The summed E-state index contributed by atoms with van der Waals surface area (Å²) in [5, 5.41) is 0. The first-order chi connectivity index (χ1) is 7.83. The van der Waals surface area contributed by atoms with Gasteiger partial charge in [-0.1, -0.05) is 0 Å². The van der Waals surface area contributed by atoms with Crippen molar-refractivity contribution in [3.8, 4) is 0 Å². The zero-order chi connectivity index (χ0) is 11.6. The molecule has 0 heterocycles. The Morgan fingerprint density at radius 2 is 2.12 bits per heavy atom. The second-order valence-corrected chi connectivity index (χ2v) is 4.09. The maximum absolute atomic E-state index is 11.2. The minimum atomic E-state index is 0.129. The maximum Gasteiger partial charge on any atom is 0.135 e. The number of rotatable bonds is 8. The van der Waals surface area contributed by atoms with Crippen LogP contribution in [-0.4, -0.2) is 45.4 Å². The highest BCUT2D eigenvalue weighted by Gasteiger charge is 2.19. The lowest BCUT2D eigenvalue weighted by atomic mass is 9.96. The topological polar surface area (TPSA) is 44.8 Å². The molecule has 0 saturated heterocycles. The molecule has 0 aromatic rings. The van der Waals surface area contributed by atoms with E-state index in [0.29, 0.717) is 32.0 Å². The Labute approximate surface area is 97.2 Å². The Morgan fingerprint density at radius 3 is 2.88 bits per heavy atom.